The van der Waals surface area contributed by atoms with Crippen molar-refractivity contribution in [2.45, 2.75) is 39.7 Å². The number of anilines is 1. The molecule has 0 aromatic heterocycles. The number of benzene rings is 2. The highest BCUT2D eigenvalue weighted by molar-refractivity contribution is 5.89. The molecule has 0 aliphatic carbocycles. The number of rotatable bonds is 7. The lowest BCUT2D eigenvalue weighted by molar-refractivity contribution is -0.133. The summed E-state index contributed by atoms with van der Waals surface area (Å²) in [6.45, 7) is 6.20. The van der Waals surface area contributed by atoms with Crippen molar-refractivity contribution < 1.29 is 14.3 Å². The van der Waals surface area contributed by atoms with Gasteiger partial charge in [-0.15, -0.1) is 0 Å². The van der Waals surface area contributed by atoms with Crippen molar-refractivity contribution in [2.75, 3.05) is 25.0 Å². The van der Waals surface area contributed by atoms with Crippen molar-refractivity contribution in [1.29, 1.82) is 0 Å². The number of carbonyl (C=O) groups excluding carboxylic acids is 2. The second-order valence-electron chi connectivity index (χ2n) is 7.42. The van der Waals surface area contributed by atoms with E-state index in [2.05, 4.69) is 10.6 Å². The molecule has 3 amide bonds. The van der Waals surface area contributed by atoms with Gasteiger partial charge in [0.15, 0.2) is 0 Å². The minimum Gasteiger partial charge on any atom is -0.491 e. The molecule has 2 N–H and O–H groups in total. The van der Waals surface area contributed by atoms with Gasteiger partial charge in [0, 0.05) is 25.2 Å². The normalized spacial score (nSPS) is 13.9. The summed E-state index contributed by atoms with van der Waals surface area (Å²) in [5, 5.41) is 5.65. The van der Waals surface area contributed by atoms with E-state index in [9.17, 15) is 9.59 Å². The maximum absolute atomic E-state index is 12.2. The van der Waals surface area contributed by atoms with Crippen molar-refractivity contribution in [3.63, 3.8) is 0 Å². The number of likely N-dealkylation sites (tertiary alicyclic amines) is 1. The zero-order valence-electron chi connectivity index (χ0n) is 17.2. The molecular formula is C23H29N3O3. The fraction of sp³-hybridized carbons (Fsp3) is 0.391. The third-order valence-corrected chi connectivity index (χ3v) is 5.02. The number of piperidine rings is 1. The van der Waals surface area contributed by atoms with Gasteiger partial charge in [-0.1, -0.05) is 30.3 Å². The van der Waals surface area contributed by atoms with Crippen LogP contribution in [-0.2, 0) is 11.3 Å². The van der Waals surface area contributed by atoms with Gasteiger partial charge >= 0.3 is 6.03 Å². The molecule has 0 radical (unpaired) electrons. The standard InChI is InChI=1S/C23H29N3O3/c1-17-7-5-8-18(2)22(17)29-14-12-24-23(28)25-20-10-6-9-19(15-20)16-26-13-4-3-11-21(26)27/h5-10,15H,3-4,11-14,16H2,1-2H3,(H2,24,25,28). The van der Waals surface area contributed by atoms with E-state index in [4.69, 9.17) is 4.74 Å². The number of amides is 3. The summed E-state index contributed by atoms with van der Waals surface area (Å²) in [7, 11) is 0. The van der Waals surface area contributed by atoms with E-state index in [1.54, 1.807) is 0 Å². The zero-order chi connectivity index (χ0) is 20.6. The number of nitrogens with one attached hydrogen (secondary N) is 2. The third kappa shape index (κ3) is 5.98. The number of hydrogen-bond donors (Lipinski definition) is 2. The summed E-state index contributed by atoms with van der Waals surface area (Å²) in [6, 6.07) is 13.4. The Morgan fingerprint density at radius 1 is 1.10 bits per heavy atom. The number of hydrogen-bond acceptors (Lipinski definition) is 3. The van der Waals surface area contributed by atoms with E-state index >= 15 is 0 Å². The lowest BCUT2D eigenvalue weighted by Gasteiger charge is -2.26. The summed E-state index contributed by atoms with van der Waals surface area (Å²) >= 11 is 0. The highest BCUT2D eigenvalue weighted by atomic mass is 16.5. The molecule has 154 valence electrons. The van der Waals surface area contributed by atoms with Gasteiger partial charge in [-0.3, -0.25) is 4.79 Å². The van der Waals surface area contributed by atoms with E-state index in [0.29, 0.717) is 31.8 Å². The smallest absolute Gasteiger partial charge is 0.319 e. The van der Waals surface area contributed by atoms with Gasteiger partial charge < -0.3 is 20.3 Å². The molecule has 1 aliphatic heterocycles. The van der Waals surface area contributed by atoms with Crippen molar-refractivity contribution in [1.82, 2.24) is 10.2 Å². The van der Waals surface area contributed by atoms with Crippen LogP contribution in [0.25, 0.3) is 0 Å². The first-order valence-corrected chi connectivity index (χ1v) is 10.1. The Labute approximate surface area is 172 Å². The highest BCUT2D eigenvalue weighted by Gasteiger charge is 2.18. The Morgan fingerprint density at radius 3 is 2.62 bits per heavy atom. The molecule has 2 aromatic carbocycles. The van der Waals surface area contributed by atoms with E-state index < -0.39 is 0 Å². The average molecular weight is 396 g/mol. The molecule has 29 heavy (non-hydrogen) atoms. The van der Waals surface area contributed by atoms with E-state index in [1.165, 1.54) is 0 Å². The summed E-state index contributed by atoms with van der Waals surface area (Å²) in [5.41, 5.74) is 3.88. The van der Waals surface area contributed by atoms with Gasteiger partial charge in [0.05, 0.1) is 6.54 Å². The van der Waals surface area contributed by atoms with Crippen LogP contribution in [-0.4, -0.2) is 36.5 Å². The molecule has 1 heterocycles. The minimum atomic E-state index is -0.277. The summed E-state index contributed by atoms with van der Waals surface area (Å²) in [4.78, 5) is 26.0. The van der Waals surface area contributed by atoms with E-state index in [0.717, 1.165) is 41.8 Å². The quantitative estimate of drug-likeness (QED) is 0.696. The molecule has 1 aliphatic rings. The fourth-order valence-electron chi connectivity index (χ4n) is 3.52. The van der Waals surface area contributed by atoms with Crippen LogP contribution < -0.4 is 15.4 Å². The number of nitrogens with zero attached hydrogens (tertiary/aromatic N) is 1. The molecular weight excluding hydrogens is 366 g/mol. The van der Waals surface area contributed by atoms with Gasteiger partial charge in [-0.2, -0.15) is 0 Å². The first-order valence-electron chi connectivity index (χ1n) is 10.1. The molecule has 6 heteroatoms. The Morgan fingerprint density at radius 2 is 1.86 bits per heavy atom. The van der Waals surface area contributed by atoms with Crippen molar-refractivity contribution >= 4 is 17.6 Å². The van der Waals surface area contributed by atoms with Crippen LogP contribution in [0.4, 0.5) is 10.5 Å². The third-order valence-electron chi connectivity index (χ3n) is 5.02. The Balaban J connectivity index is 1.45. The van der Waals surface area contributed by atoms with Gasteiger partial charge in [0.25, 0.3) is 0 Å². The number of para-hydroxylation sites is 1. The number of urea groups is 1. The maximum Gasteiger partial charge on any atom is 0.319 e. The molecule has 6 nitrogen and oxygen atoms in total. The molecule has 0 bridgehead atoms. The monoisotopic (exact) mass is 395 g/mol. The number of aryl methyl sites for hydroxylation is 2. The molecule has 0 atom stereocenters. The number of ether oxygens (including phenoxy) is 1. The second-order valence-corrected chi connectivity index (χ2v) is 7.42. The molecule has 0 unspecified atom stereocenters. The average Bonchev–Trinajstić information content (AvgIpc) is 2.69. The van der Waals surface area contributed by atoms with Crippen LogP contribution in [0.15, 0.2) is 42.5 Å². The first kappa shape index (κ1) is 20.7. The van der Waals surface area contributed by atoms with E-state index in [-0.39, 0.29) is 11.9 Å². The van der Waals surface area contributed by atoms with Gasteiger partial charge in [0.2, 0.25) is 5.91 Å². The van der Waals surface area contributed by atoms with Gasteiger partial charge in [-0.05, 0) is 55.5 Å². The molecule has 1 fully saturated rings. The lowest BCUT2D eigenvalue weighted by Crippen LogP contribution is -2.34. The van der Waals surface area contributed by atoms with Gasteiger partial charge in [-0.25, -0.2) is 4.79 Å². The van der Waals surface area contributed by atoms with Crippen LogP contribution in [0.2, 0.25) is 0 Å². The number of carbonyl (C=O) groups is 2. The predicted octanol–water partition coefficient (Wildman–Crippen LogP) is 4.02. The van der Waals surface area contributed by atoms with Crippen LogP contribution in [0, 0.1) is 13.8 Å². The largest absolute Gasteiger partial charge is 0.491 e. The van der Waals surface area contributed by atoms with Crippen LogP contribution >= 0.6 is 0 Å². The molecule has 3 rings (SSSR count). The van der Waals surface area contributed by atoms with Crippen molar-refractivity contribution in [2.24, 2.45) is 0 Å². The Bertz CT molecular complexity index is 846. The topological polar surface area (TPSA) is 70.7 Å². The minimum absolute atomic E-state index is 0.205. The summed E-state index contributed by atoms with van der Waals surface area (Å²) < 4.78 is 5.80. The van der Waals surface area contributed by atoms with Crippen molar-refractivity contribution in [3.8, 4) is 5.75 Å². The fourth-order valence-corrected chi connectivity index (χ4v) is 3.52. The predicted molar refractivity (Wildman–Crippen MR) is 114 cm³/mol. The summed E-state index contributed by atoms with van der Waals surface area (Å²) in [5.74, 6) is 1.07. The van der Waals surface area contributed by atoms with E-state index in [1.807, 2.05) is 61.2 Å². The second kappa shape index (κ2) is 9.96. The van der Waals surface area contributed by atoms with Crippen LogP contribution in [0.3, 0.4) is 0 Å². The molecule has 2 aromatic rings. The van der Waals surface area contributed by atoms with Crippen LogP contribution in [0.1, 0.15) is 36.0 Å². The zero-order valence-corrected chi connectivity index (χ0v) is 17.2. The highest BCUT2D eigenvalue weighted by Crippen LogP contribution is 2.22. The molecule has 0 saturated carbocycles. The van der Waals surface area contributed by atoms with Gasteiger partial charge in [0.1, 0.15) is 12.4 Å². The Hall–Kier alpha value is -3.02. The SMILES string of the molecule is Cc1cccc(C)c1OCCNC(=O)Nc1cccc(CN2CCCCC2=O)c1. The maximum atomic E-state index is 12.2. The first-order chi connectivity index (χ1) is 14.0. The summed E-state index contributed by atoms with van der Waals surface area (Å²) in [6.07, 6.45) is 2.66. The Kier molecular flexibility index (Phi) is 7.11. The molecule has 0 spiro atoms. The van der Waals surface area contributed by atoms with Crippen LogP contribution in [0.5, 0.6) is 5.75 Å². The lowest BCUT2D eigenvalue weighted by atomic mass is 10.1. The van der Waals surface area contributed by atoms with Crippen molar-refractivity contribution in [3.05, 3.63) is 59.2 Å². The molecule has 1 saturated heterocycles.